The summed E-state index contributed by atoms with van der Waals surface area (Å²) in [5.74, 6) is 1.57. The Morgan fingerprint density at radius 3 is 2.38 bits per heavy atom. The van der Waals surface area contributed by atoms with Gasteiger partial charge in [-0.05, 0) is 67.1 Å². The molecule has 5 nitrogen and oxygen atoms in total. The molecule has 1 fully saturated rings. The first-order valence-electron chi connectivity index (χ1n) is 11.2. The highest BCUT2D eigenvalue weighted by Crippen LogP contribution is 2.23. The molecule has 164 valence electrons. The van der Waals surface area contributed by atoms with E-state index in [0.29, 0.717) is 6.61 Å². The lowest BCUT2D eigenvalue weighted by Crippen LogP contribution is -2.46. The Labute approximate surface area is 187 Å². The molecule has 1 saturated heterocycles. The number of H-pyrrole nitrogens is 1. The lowest BCUT2D eigenvalue weighted by atomic mass is 10.2. The third kappa shape index (κ3) is 4.75. The SMILES string of the molecule is Fc1ccc(N2CCN(CCCOc3ccc(-c4nc5ccccc5[nH]4)cc3)CC2)cc1. The number of nitrogens with zero attached hydrogens (tertiary/aromatic N) is 3. The van der Waals surface area contributed by atoms with Crippen LogP contribution in [0.25, 0.3) is 22.4 Å². The molecule has 3 aromatic carbocycles. The smallest absolute Gasteiger partial charge is 0.138 e. The second-order valence-electron chi connectivity index (χ2n) is 8.13. The van der Waals surface area contributed by atoms with E-state index in [0.717, 1.165) is 73.0 Å². The number of aromatic amines is 1. The maximum atomic E-state index is 13.1. The largest absolute Gasteiger partial charge is 0.494 e. The number of anilines is 1. The minimum atomic E-state index is -0.184. The van der Waals surface area contributed by atoms with Crippen LogP contribution < -0.4 is 9.64 Å². The number of benzene rings is 3. The van der Waals surface area contributed by atoms with Crippen LogP contribution in [0.5, 0.6) is 5.75 Å². The van der Waals surface area contributed by atoms with Crippen LogP contribution >= 0.6 is 0 Å². The molecule has 5 rings (SSSR count). The van der Waals surface area contributed by atoms with Crippen molar-refractivity contribution in [2.45, 2.75) is 6.42 Å². The van der Waals surface area contributed by atoms with Gasteiger partial charge in [0.25, 0.3) is 0 Å². The van der Waals surface area contributed by atoms with E-state index >= 15 is 0 Å². The van der Waals surface area contributed by atoms with Crippen LogP contribution in [-0.4, -0.2) is 54.2 Å². The van der Waals surface area contributed by atoms with E-state index in [1.807, 2.05) is 60.7 Å². The average Bonchev–Trinajstić information content (AvgIpc) is 3.28. The predicted octanol–water partition coefficient (Wildman–Crippen LogP) is 4.96. The van der Waals surface area contributed by atoms with Gasteiger partial charge >= 0.3 is 0 Å². The van der Waals surface area contributed by atoms with E-state index < -0.39 is 0 Å². The summed E-state index contributed by atoms with van der Waals surface area (Å²) in [6.07, 6.45) is 0.988. The summed E-state index contributed by atoms with van der Waals surface area (Å²) in [5, 5.41) is 0. The summed E-state index contributed by atoms with van der Waals surface area (Å²) >= 11 is 0. The molecule has 0 spiro atoms. The standard InChI is InChI=1S/C26H27FN4O/c27-21-8-10-22(11-9-21)31-17-15-30(16-18-31)14-3-19-32-23-12-6-20(7-13-23)26-28-24-4-1-2-5-25(24)29-26/h1-2,4-13H,3,14-19H2,(H,28,29). The zero-order valence-electron chi connectivity index (χ0n) is 18.0. The van der Waals surface area contributed by atoms with E-state index in [4.69, 9.17) is 4.74 Å². The Balaban J connectivity index is 1.05. The topological polar surface area (TPSA) is 44.4 Å². The number of hydrogen-bond donors (Lipinski definition) is 1. The van der Waals surface area contributed by atoms with Gasteiger partial charge < -0.3 is 14.6 Å². The maximum absolute atomic E-state index is 13.1. The van der Waals surface area contributed by atoms with Gasteiger partial charge in [0.05, 0.1) is 17.6 Å². The molecule has 0 aliphatic carbocycles. The molecule has 2 heterocycles. The van der Waals surface area contributed by atoms with Crippen molar-refractivity contribution in [2.75, 3.05) is 44.2 Å². The van der Waals surface area contributed by atoms with Crippen LogP contribution in [0.15, 0.2) is 72.8 Å². The molecular formula is C26H27FN4O. The summed E-state index contributed by atoms with van der Waals surface area (Å²) in [6.45, 7) is 5.69. The van der Waals surface area contributed by atoms with E-state index in [2.05, 4.69) is 19.8 Å². The third-order valence-corrected chi connectivity index (χ3v) is 5.97. The fraction of sp³-hybridized carbons (Fsp3) is 0.269. The first-order chi connectivity index (χ1) is 15.7. The van der Waals surface area contributed by atoms with Crippen molar-refractivity contribution < 1.29 is 9.13 Å². The van der Waals surface area contributed by atoms with Crippen molar-refractivity contribution in [2.24, 2.45) is 0 Å². The van der Waals surface area contributed by atoms with Gasteiger partial charge in [-0.2, -0.15) is 0 Å². The van der Waals surface area contributed by atoms with Crippen molar-refractivity contribution in [3.63, 3.8) is 0 Å². The van der Waals surface area contributed by atoms with Crippen LogP contribution in [0.4, 0.5) is 10.1 Å². The Bertz CT molecular complexity index is 1120. The lowest BCUT2D eigenvalue weighted by Gasteiger charge is -2.36. The van der Waals surface area contributed by atoms with E-state index in [9.17, 15) is 4.39 Å². The maximum Gasteiger partial charge on any atom is 0.138 e. The first kappa shape index (κ1) is 20.5. The van der Waals surface area contributed by atoms with Gasteiger partial charge in [-0.15, -0.1) is 0 Å². The zero-order chi connectivity index (χ0) is 21.8. The van der Waals surface area contributed by atoms with Gasteiger partial charge in [0.15, 0.2) is 0 Å². The Morgan fingerprint density at radius 2 is 1.62 bits per heavy atom. The molecule has 1 aliphatic heterocycles. The van der Waals surface area contributed by atoms with Gasteiger partial charge in [0.1, 0.15) is 17.4 Å². The fourth-order valence-corrected chi connectivity index (χ4v) is 4.16. The normalized spacial score (nSPS) is 14.7. The summed E-state index contributed by atoms with van der Waals surface area (Å²) < 4.78 is 19.1. The summed E-state index contributed by atoms with van der Waals surface area (Å²) in [5.41, 5.74) is 4.16. The van der Waals surface area contributed by atoms with Gasteiger partial charge in [0.2, 0.25) is 0 Å². The molecule has 1 aromatic heterocycles. The predicted molar refractivity (Wildman–Crippen MR) is 127 cm³/mol. The Morgan fingerprint density at radius 1 is 0.875 bits per heavy atom. The van der Waals surface area contributed by atoms with Gasteiger partial charge in [-0.3, -0.25) is 4.90 Å². The van der Waals surface area contributed by atoms with Gasteiger partial charge in [-0.1, -0.05) is 12.1 Å². The van der Waals surface area contributed by atoms with Gasteiger partial charge in [-0.25, -0.2) is 9.37 Å². The number of ether oxygens (including phenoxy) is 1. The average molecular weight is 431 g/mol. The highest BCUT2D eigenvalue weighted by atomic mass is 19.1. The van der Waals surface area contributed by atoms with Crippen molar-refractivity contribution >= 4 is 16.7 Å². The van der Waals surface area contributed by atoms with E-state index in [1.165, 1.54) is 12.1 Å². The Kier molecular flexibility index (Phi) is 6.03. The Hall–Kier alpha value is -3.38. The minimum absolute atomic E-state index is 0.184. The highest BCUT2D eigenvalue weighted by molar-refractivity contribution is 5.79. The first-order valence-corrected chi connectivity index (χ1v) is 11.2. The molecule has 1 aliphatic rings. The molecule has 4 aromatic rings. The summed E-state index contributed by atoms with van der Waals surface area (Å²) in [6, 6.07) is 22.9. The summed E-state index contributed by atoms with van der Waals surface area (Å²) in [4.78, 5) is 12.8. The van der Waals surface area contributed by atoms with Crippen molar-refractivity contribution in [1.29, 1.82) is 0 Å². The number of para-hydroxylation sites is 2. The van der Waals surface area contributed by atoms with Gasteiger partial charge in [0, 0.05) is 44.0 Å². The van der Waals surface area contributed by atoms with Crippen LogP contribution in [0.3, 0.4) is 0 Å². The molecule has 0 amide bonds. The number of aromatic nitrogens is 2. The highest BCUT2D eigenvalue weighted by Gasteiger charge is 2.16. The number of hydrogen-bond acceptors (Lipinski definition) is 4. The quantitative estimate of drug-likeness (QED) is 0.421. The molecule has 32 heavy (non-hydrogen) atoms. The molecule has 0 unspecified atom stereocenters. The lowest BCUT2D eigenvalue weighted by molar-refractivity contribution is 0.225. The second-order valence-corrected chi connectivity index (χ2v) is 8.13. The van der Waals surface area contributed by atoms with Crippen LogP contribution in [0.1, 0.15) is 6.42 Å². The fourth-order valence-electron chi connectivity index (χ4n) is 4.16. The number of imidazole rings is 1. The van der Waals surface area contributed by atoms with Crippen molar-refractivity contribution in [3.05, 3.63) is 78.6 Å². The van der Waals surface area contributed by atoms with E-state index in [1.54, 1.807) is 0 Å². The third-order valence-electron chi connectivity index (χ3n) is 5.97. The molecular weight excluding hydrogens is 403 g/mol. The molecule has 0 bridgehead atoms. The number of piperazine rings is 1. The molecule has 0 atom stereocenters. The number of halogens is 1. The van der Waals surface area contributed by atoms with E-state index in [-0.39, 0.29) is 5.82 Å². The molecule has 0 saturated carbocycles. The second kappa shape index (κ2) is 9.40. The molecule has 0 radical (unpaired) electrons. The summed E-state index contributed by atoms with van der Waals surface area (Å²) in [7, 11) is 0. The van der Waals surface area contributed by atoms with Crippen LogP contribution in [0.2, 0.25) is 0 Å². The van der Waals surface area contributed by atoms with Crippen molar-refractivity contribution in [1.82, 2.24) is 14.9 Å². The van der Waals surface area contributed by atoms with Crippen LogP contribution in [-0.2, 0) is 0 Å². The number of nitrogens with one attached hydrogen (secondary N) is 1. The number of fused-ring (bicyclic) bond motifs is 1. The molecule has 6 heteroatoms. The minimum Gasteiger partial charge on any atom is -0.494 e. The monoisotopic (exact) mass is 430 g/mol. The van der Waals surface area contributed by atoms with Crippen molar-refractivity contribution in [3.8, 4) is 17.1 Å². The van der Waals surface area contributed by atoms with Crippen LogP contribution in [0, 0.1) is 5.82 Å². The number of rotatable bonds is 7. The zero-order valence-corrected chi connectivity index (χ0v) is 18.0. The molecule has 1 N–H and O–H groups in total.